The predicted molar refractivity (Wildman–Crippen MR) is 119 cm³/mol. The number of pyridine rings is 1. The molecular weight excluding hydrogens is 397 g/mol. The lowest BCUT2D eigenvalue weighted by Crippen LogP contribution is -2.62. The second-order valence-corrected chi connectivity index (χ2v) is 10.0. The zero-order valence-corrected chi connectivity index (χ0v) is 18.9. The van der Waals surface area contributed by atoms with E-state index in [2.05, 4.69) is 4.90 Å². The minimum absolute atomic E-state index is 0.115. The van der Waals surface area contributed by atoms with Crippen LogP contribution in [0.1, 0.15) is 52.0 Å². The van der Waals surface area contributed by atoms with Crippen LogP contribution in [0.25, 0.3) is 10.9 Å². The molecule has 1 saturated carbocycles. The standard InChI is InChI=1S/C24H32FN3O3/c1-23(2,3)31-22(30)27-11-12-28(24(16-27)9-5-6-10-24)15-17-14-26(4)20-8-7-18(25)13-19(20)21(17)29/h7-8,13-14H,5-6,9-12,15-16H2,1-4H3. The Morgan fingerprint density at radius 1 is 1.19 bits per heavy atom. The average Bonchev–Trinajstić information content (AvgIpc) is 3.14. The average molecular weight is 430 g/mol. The number of nitrogens with zero attached hydrogens (tertiary/aromatic N) is 3. The molecule has 168 valence electrons. The van der Waals surface area contributed by atoms with E-state index in [0.29, 0.717) is 37.1 Å². The van der Waals surface area contributed by atoms with Gasteiger partial charge in [0.15, 0.2) is 5.43 Å². The van der Waals surface area contributed by atoms with E-state index in [1.165, 1.54) is 12.1 Å². The van der Waals surface area contributed by atoms with Gasteiger partial charge in [-0.3, -0.25) is 9.69 Å². The Hall–Kier alpha value is -2.41. The van der Waals surface area contributed by atoms with Crippen molar-refractivity contribution in [3.63, 3.8) is 0 Å². The van der Waals surface area contributed by atoms with Gasteiger partial charge in [-0.15, -0.1) is 0 Å². The normalized spacial score (nSPS) is 19.3. The van der Waals surface area contributed by atoms with Gasteiger partial charge in [-0.1, -0.05) is 12.8 Å². The predicted octanol–water partition coefficient (Wildman–Crippen LogP) is 4.04. The third kappa shape index (κ3) is 4.33. The van der Waals surface area contributed by atoms with E-state index in [1.54, 1.807) is 6.07 Å². The van der Waals surface area contributed by atoms with Gasteiger partial charge < -0.3 is 14.2 Å². The molecule has 1 aliphatic heterocycles. The Kier molecular flexibility index (Phi) is 5.58. The molecule has 0 bridgehead atoms. The Morgan fingerprint density at radius 2 is 1.90 bits per heavy atom. The van der Waals surface area contributed by atoms with Crippen LogP contribution in [0.15, 0.2) is 29.2 Å². The molecule has 1 spiro atoms. The van der Waals surface area contributed by atoms with E-state index in [-0.39, 0.29) is 17.1 Å². The molecule has 1 aliphatic carbocycles. The number of hydrogen-bond donors (Lipinski definition) is 0. The number of carbonyl (C=O) groups is 1. The summed E-state index contributed by atoms with van der Waals surface area (Å²) in [4.78, 5) is 30.0. The highest BCUT2D eigenvalue weighted by Crippen LogP contribution is 2.39. The van der Waals surface area contributed by atoms with Gasteiger partial charge in [-0.25, -0.2) is 9.18 Å². The van der Waals surface area contributed by atoms with Crippen molar-refractivity contribution in [1.29, 1.82) is 0 Å². The number of fused-ring (bicyclic) bond motifs is 1. The van der Waals surface area contributed by atoms with Crippen LogP contribution < -0.4 is 5.43 Å². The molecule has 31 heavy (non-hydrogen) atoms. The van der Waals surface area contributed by atoms with Crippen LogP contribution in [-0.2, 0) is 18.3 Å². The first-order valence-electron chi connectivity index (χ1n) is 11.1. The summed E-state index contributed by atoms with van der Waals surface area (Å²) < 4.78 is 21.3. The maximum atomic E-state index is 13.8. The summed E-state index contributed by atoms with van der Waals surface area (Å²) in [6.07, 6.45) is 5.81. The van der Waals surface area contributed by atoms with Crippen LogP contribution in [0.5, 0.6) is 0 Å². The highest BCUT2D eigenvalue weighted by molar-refractivity contribution is 5.79. The number of ether oxygens (including phenoxy) is 1. The summed E-state index contributed by atoms with van der Waals surface area (Å²) in [7, 11) is 1.88. The number of benzene rings is 1. The maximum absolute atomic E-state index is 13.8. The molecule has 4 rings (SSSR count). The van der Waals surface area contributed by atoms with Gasteiger partial charge in [-0.05, 0) is 51.8 Å². The van der Waals surface area contributed by atoms with E-state index in [4.69, 9.17) is 4.74 Å². The number of piperazine rings is 1. The van der Waals surface area contributed by atoms with Crippen molar-refractivity contribution in [3.8, 4) is 0 Å². The molecule has 7 heteroatoms. The molecular formula is C24H32FN3O3. The SMILES string of the molecule is Cn1cc(CN2CCN(C(=O)OC(C)(C)C)CC23CCCC3)c(=O)c2cc(F)ccc21. The van der Waals surface area contributed by atoms with Gasteiger partial charge in [0.2, 0.25) is 0 Å². The summed E-state index contributed by atoms with van der Waals surface area (Å²) in [6.45, 7) is 8.01. The number of aromatic nitrogens is 1. The third-order valence-electron chi connectivity index (χ3n) is 6.57. The van der Waals surface area contributed by atoms with Crippen LogP contribution in [0.3, 0.4) is 0 Å². The van der Waals surface area contributed by atoms with Gasteiger partial charge in [0, 0.05) is 55.9 Å². The lowest BCUT2D eigenvalue weighted by molar-refractivity contribution is -0.0279. The molecule has 0 radical (unpaired) electrons. The van der Waals surface area contributed by atoms with Crippen molar-refractivity contribution in [2.24, 2.45) is 7.05 Å². The quantitative estimate of drug-likeness (QED) is 0.723. The molecule has 0 N–H and O–H groups in total. The van der Waals surface area contributed by atoms with Crippen molar-refractivity contribution < 1.29 is 13.9 Å². The zero-order valence-electron chi connectivity index (χ0n) is 18.9. The second kappa shape index (κ2) is 7.93. The Labute approximate surface area is 182 Å². The van der Waals surface area contributed by atoms with Crippen molar-refractivity contribution in [2.45, 2.75) is 64.1 Å². The van der Waals surface area contributed by atoms with Crippen molar-refractivity contribution in [2.75, 3.05) is 19.6 Å². The second-order valence-electron chi connectivity index (χ2n) is 10.0. The van der Waals surface area contributed by atoms with Crippen LogP contribution in [-0.4, -0.2) is 51.2 Å². The third-order valence-corrected chi connectivity index (χ3v) is 6.57. The van der Waals surface area contributed by atoms with E-state index < -0.39 is 11.4 Å². The lowest BCUT2D eigenvalue weighted by Gasteiger charge is -2.49. The van der Waals surface area contributed by atoms with Crippen LogP contribution in [0, 0.1) is 5.82 Å². The molecule has 1 saturated heterocycles. The molecule has 6 nitrogen and oxygen atoms in total. The molecule has 1 amide bonds. The van der Waals surface area contributed by atoms with Crippen LogP contribution >= 0.6 is 0 Å². The molecule has 2 fully saturated rings. The first-order valence-corrected chi connectivity index (χ1v) is 11.1. The number of carbonyl (C=O) groups excluding carboxylic acids is 1. The molecule has 0 atom stereocenters. The maximum Gasteiger partial charge on any atom is 0.410 e. The summed E-state index contributed by atoms with van der Waals surface area (Å²) in [6, 6.07) is 4.35. The zero-order chi connectivity index (χ0) is 22.4. The van der Waals surface area contributed by atoms with Crippen LogP contribution in [0.2, 0.25) is 0 Å². The molecule has 2 aromatic rings. The lowest BCUT2D eigenvalue weighted by atomic mass is 9.91. The van der Waals surface area contributed by atoms with Gasteiger partial charge in [-0.2, -0.15) is 0 Å². The highest BCUT2D eigenvalue weighted by Gasteiger charge is 2.45. The summed E-state index contributed by atoms with van der Waals surface area (Å²) in [5.74, 6) is -0.403. The Morgan fingerprint density at radius 3 is 2.58 bits per heavy atom. The Balaban J connectivity index is 1.61. The topological polar surface area (TPSA) is 54.8 Å². The van der Waals surface area contributed by atoms with Gasteiger partial charge >= 0.3 is 6.09 Å². The number of amides is 1. The first-order chi connectivity index (χ1) is 14.6. The van der Waals surface area contributed by atoms with E-state index in [1.807, 2.05) is 43.5 Å². The van der Waals surface area contributed by atoms with Gasteiger partial charge in [0.05, 0.1) is 5.52 Å². The molecule has 2 heterocycles. The highest BCUT2D eigenvalue weighted by atomic mass is 19.1. The fraction of sp³-hybridized carbons (Fsp3) is 0.583. The van der Waals surface area contributed by atoms with Crippen molar-refractivity contribution >= 4 is 17.0 Å². The largest absolute Gasteiger partial charge is 0.444 e. The number of hydrogen-bond acceptors (Lipinski definition) is 4. The van der Waals surface area contributed by atoms with Crippen molar-refractivity contribution in [3.05, 3.63) is 46.0 Å². The molecule has 0 unspecified atom stereocenters. The number of halogens is 1. The van der Waals surface area contributed by atoms with E-state index >= 15 is 0 Å². The Bertz CT molecular complexity index is 1050. The monoisotopic (exact) mass is 429 g/mol. The smallest absolute Gasteiger partial charge is 0.410 e. The summed E-state index contributed by atoms with van der Waals surface area (Å²) >= 11 is 0. The van der Waals surface area contributed by atoms with Crippen molar-refractivity contribution in [1.82, 2.24) is 14.4 Å². The molecule has 2 aliphatic rings. The number of aryl methyl sites for hydroxylation is 1. The molecule has 1 aromatic heterocycles. The summed E-state index contributed by atoms with van der Waals surface area (Å²) in [5, 5.41) is 0.410. The van der Waals surface area contributed by atoms with Gasteiger partial charge in [0.25, 0.3) is 0 Å². The van der Waals surface area contributed by atoms with Gasteiger partial charge in [0.1, 0.15) is 11.4 Å². The fourth-order valence-corrected chi connectivity index (χ4v) is 5.10. The fourth-order valence-electron chi connectivity index (χ4n) is 5.10. The minimum atomic E-state index is -0.524. The first kappa shape index (κ1) is 21.8. The number of rotatable bonds is 2. The minimum Gasteiger partial charge on any atom is -0.444 e. The molecule has 1 aromatic carbocycles. The van der Waals surface area contributed by atoms with Crippen LogP contribution in [0.4, 0.5) is 9.18 Å². The van der Waals surface area contributed by atoms with E-state index in [0.717, 1.165) is 31.2 Å². The summed E-state index contributed by atoms with van der Waals surface area (Å²) in [5.41, 5.74) is 0.606. The van der Waals surface area contributed by atoms with E-state index in [9.17, 15) is 14.0 Å².